The van der Waals surface area contributed by atoms with E-state index in [1.165, 1.54) is 0 Å². The van der Waals surface area contributed by atoms with Gasteiger partial charge in [0.15, 0.2) is 11.5 Å². The SMILES string of the molecule is CCN(C)c1ccc(-c2c3c(cc4cc(OC)c(OC)cc24)COC3=O)cn1. The van der Waals surface area contributed by atoms with Crippen LogP contribution >= 0.6 is 0 Å². The summed E-state index contributed by atoms with van der Waals surface area (Å²) in [5.74, 6) is 1.82. The molecule has 0 saturated heterocycles. The predicted molar refractivity (Wildman–Crippen MR) is 108 cm³/mol. The molecule has 1 aliphatic rings. The summed E-state index contributed by atoms with van der Waals surface area (Å²) in [6.07, 6.45) is 1.80. The van der Waals surface area contributed by atoms with Crippen molar-refractivity contribution in [3.8, 4) is 22.6 Å². The number of carbonyl (C=O) groups is 1. The van der Waals surface area contributed by atoms with Crippen LogP contribution in [-0.2, 0) is 11.3 Å². The number of hydrogen-bond acceptors (Lipinski definition) is 6. The van der Waals surface area contributed by atoms with Crippen LogP contribution in [0.25, 0.3) is 21.9 Å². The fourth-order valence-electron chi connectivity index (χ4n) is 3.57. The third-order valence-corrected chi connectivity index (χ3v) is 5.19. The van der Waals surface area contributed by atoms with E-state index in [0.29, 0.717) is 17.1 Å². The Morgan fingerprint density at radius 1 is 1.11 bits per heavy atom. The van der Waals surface area contributed by atoms with Crippen LogP contribution in [0.3, 0.4) is 0 Å². The minimum absolute atomic E-state index is 0.273. The van der Waals surface area contributed by atoms with Gasteiger partial charge < -0.3 is 19.1 Å². The maximum atomic E-state index is 12.5. The van der Waals surface area contributed by atoms with E-state index in [0.717, 1.165) is 39.8 Å². The molecule has 1 aliphatic heterocycles. The maximum Gasteiger partial charge on any atom is 0.339 e. The highest BCUT2D eigenvalue weighted by Crippen LogP contribution is 2.42. The molecule has 4 rings (SSSR count). The Kier molecular flexibility index (Phi) is 4.55. The van der Waals surface area contributed by atoms with Crippen LogP contribution in [0.5, 0.6) is 11.5 Å². The summed E-state index contributed by atoms with van der Waals surface area (Å²) in [5, 5.41) is 1.85. The minimum atomic E-state index is -0.309. The number of pyridine rings is 1. The summed E-state index contributed by atoms with van der Waals surface area (Å²) >= 11 is 0. The molecule has 2 aromatic carbocycles. The summed E-state index contributed by atoms with van der Waals surface area (Å²) in [4.78, 5) is 19.1. The Bertz CT molecular complexity index is 1060. The van der Waals surface area contributed by atoms with Crippen LogP contribution < -0.4 is 14.4 Å². The number of hydrogen-bond donors (Lipinski definition) is 0. The first-order valence-corrected chi connectivity index (χ1v) is 9.13. The number of cyclic esters (lactones) is 1. The molecule has 0 fully saturated rings. The van der Waals surface area contributed by atoms with Gasteiger partial charge in [-0.3, -0.25) is 0 Å². The number of methoxy groups -OCH3 is 2. The average Bonchev–Trinajstić information content (AvgIpc) is 3.10. The fourth-order valence-corrected chi connectivity index (χ4v) is 3.57. The molecule has 0 atom stereocenters. The van der Waals surface area contributed by atoms with Gasteiger partial charge in [-0.15, -0.1) is 0 Å². The second kappa shape index (κ2) is 7.03. The van der Waals surface area contributed by atoms with Gasteiger partial charge in [-0.1, -0.05) is 0 Å². The van der Waals surface area contributed by atoms with Crippen LogP contribution in [0.15, 0.2) is 36.5 Å². The predicted octanol–water partition coefficient (Wildman–Crippen LogP) is 4.05. The van der Waals surface area contributed by atoms with Crippen molar-refractivity contribution in [1.82, 2.24) is 4.98 Å². The molecule has 0 bridgehead atoms. The highest BCUT2D eigenvalue weighted by Gasteiger charge is 2.28. The molecular weight excluding hydrogens is 356 g/mol. The van der Waals surface area contributed by atoms with Crippen molar-refractivity contribution in [3.05, 3.63) is 47.7 Å². The van der Waals surface area contributed by atoms with E-state index >= 15 is 0 Å². The Hall–Kier alpha value is -3.28. The molecule has 0 unspecified atom stereocenters. The Morgan fingerprint density at radius 2 is 1.86 bits per heavy atom. The summed E-state index contributed by atoms with van der Waals surface area (Å²) in [6, 6.07) is 9.76. The first-order valence-electron chi connectivity index (χ1n) is 9.13. The van der Waals surface area contributed by atoms with E-state index in [1.807, 2.05) is 37.4 Å². The Labute approximate surface area is 163 Å². The molecule has 0 radical (unpaired) electrons. The number of anilines is 1. The van der Waals surface area contributed by atoms with Gasteiger partial charge in [-0.25, -0.2) is 9.78 Å². The zero-order valence-electron chi connectivity index (χ0n) is 16.4. The highest BCUT2D eigenvalue weighted by molar-refractivity contribution is 6.11. The zero-order valence-corrected chi connectivity index (χ0v) is 16.4. The molecule has 2 heterocycles. The molecule has 6 heteroatoms. The molecule has 144 valence electrons. The quantitative estimate of drug-likeness (QED) is 0.625. The van der Waals surface area contributed by atoms with Crippen molar-refractivity contribution in [3.63, 3.8) is 0 Å². The lowest BCUT2D eigenvalue weighted by Gasteiger charge is -2.17. The number of fused-ring (bicyclic) bond motifs is 2. The minimum Gasteiger partial charge on any atom is -0.493 e. The first-order chi connectivity index (χ1) is 13.6. The van der Waals surface area contributed by atoms with E-state index in [9.17, 15) is 4.79 Å². The van der Waals surface area contributed by atoms with Crippen molar-refractivity contribution in [2.45, 2.75) is 13.5 Å². The molecule has 0 N–H and O–H groups in total. The third kappa shape index (κ3) is 2.81. The van der Waals surface area contributed by atoms with Gasteiger partial charge in [-0.05, 0) is 48.0 Å². The number of nitrogens with zero attached hydrogens (tertiary/aromatic N) is 2. The van der Waals surface area contributed by atoms with Crippen LogP contribution in [0, 0.1) is 0 Å². The molecule has 3 aromatic rings. The first kappa shape index (κ1) is 18.1. The molecule has 0 spiro atoms. The molecule has 1 aromatic heterocycles. The molecule has 6 nitrogen and oxygen atoms in total. The maximum absolute atomic E-state index is 12.5. The van der Waals surface area contributed by atoms with Crippen LogP contribution in [0.2, 0.25) is 0 Å². The topological polar surface area (TPSA) is 60.9 Å². The van der Waals surface area contributed by atoms with Gasteiger partial charge in [0.25, 0.3) is 0 Å². The number of rotatable bonds is 5. The van der Waals surface area contributed by atoms with E-state index < -0.39 is 0 Å². The van der Waals surface area contributed by atoms with Gasteiger partial charge >= 0.3 is 5.97 Å². The molecule has 0 amide bonds. The number of benzene rings is 2. The Morgan fingerprint density at radius 3 is 2.50 bits per heavy atom. The van der Waals surface area contributed by atoms with E-state index in [1.54, 1.807) is 20.4 Å². The number of ether oxygens (including phenoxy) is 3. The Balaban J connectivity index is 2.00. The summed E-state index contributed by atoms with van der Waals surface area (Å²) < 4.78 is 16.2. The van der Waals surface area contributed by atoms with Gasteiger partial charge in [0.1, 0.15) is 12.4 Å². The summed E-state index contributed by atoms with van der Waals surface area (Å²) in [6.45, 7) is 3.21. The van der Waals surface area contributed by atoms with Crippen molar-refractivity contribution in [1.29, 1.82) is 0 Å². The van der Waals surface area contributed by atoms with Gasteiger partial charge in [0, 0.05) is 36.5 Å². The van der Waals surface area contributed by atoms with Crippen molar-refractivity contribution >= 4 is 22.6 Å². The van der Waals surface area contributed by atoms with Crippen LogP contribution in [0.1, 0.15) is 22.8 Å². The lowest BCUT2D eigenvalue weighted by Crippen LogP contribution is -2.16. The standard InChI is InChI=1S/C22H22N2O4/c1-5-24(2)19-7-6-13(11-23-19)20-16-10-18(27-4)17(26-3)9-14(16)8-15-12-28-22(25)21(15)20/h6-11H,5,12H2,1-4H3. The normalized spacial score (nSPS) is 12.6. The van der Waals surface area contributed by atoms with Crippen LogP contribution in [0.4, 0.5) is 5.82 Å². The lowest BCUT2D eigenvalue weighted by molar-refractivity contribution is 0.0535. The van der Waals surface area contributed by atoms with Gasteiger partial charge in [-0.2, -0.15) is 0 Å². The fraction of sp³-hybridized carbons (Fsp3) is 0.273. The lowest BCUT2D eigenvalue weighted by atomic mass is 9.91. The van der Waals surface area contributed by atoms with E-state index in [4.69, 9.17) is 14.2 Å². The largest absolute Gasteiger partial charge is 0.493 e. The third-order valence-electron chi connectivity index (χ3n) is 5.19. The van der Waals surface area contributed by atoms with Crippen LogP contribution in [-0.4, -0.2) is 38.8 Å². The molecule has 28 heavy (non-hydrogen) atoms. The zero-order chi connectivity index (χ0) is 19.8. The summed E-state index contributed by atoms with van der Waals surface area (Å²) in [7, 11) is 5.20. The van der Waals surface area contributed by atoms with Crippen molar-refractivity contribution in [2.24, 2.45) is 0 Å². The van der Waals surface area contributed by atoms with E-state index in [2.05, 4.69) is 16.8 Å². The number of carbonyl (C=O) groups excluding carboxylic acids is 1. The number of esters is 1. The number of aromatic nitrogens is 1. The second-order valence-electron chi connectivity index (χ2n) is 6.71. The van der Waals surface area contributed by atoms with Gasteiger partial charge in [0.05, 0.1) is 19.8 Å². The molecule has 0 saturated carbocycles. The summed E-state index contributed by atoms with van der Waals surface area (Å²) in [5.41, 5.74) is 3.14. The molecule has 0 aliphatic carbocycles. The second-order valence-corrected chi connectivity index (χ2v) is 6.71. The molecular formula is C22H22N2O4. The van der Waals surface area contributed by atoms with Gasteiger partial charge in [0.2, 0.25) is 0 Å². The van der Waals surface area contributed by atoms with Crippen molar-refractivity contribution < 1.29 is 19.0 Å². The monoisotopic (exact) mass is 378 g/mol. The smallest absolute Gasteiger partial charge is 0.339 e. The highest BCUT2D eigenvalue weighted by atomic mass is 16.5. The average molecular weight is 378 g/mol. The van der Waals surface area contributed by atoms with Crippen molar-refractivity contribution in [2.75, 3.05) is 32.7 Å². The van der Waals surface area contributed by atoms with E-state index in [-0.39, 0.29) is 12.6 Å².